The minimum atomic E-state index is 0.0411. The molecule has 2 aromatic rings. The number of benzene rings is 1. The molecule has 0 amide bonds. The Morgan fingerprint density at radius 3 is 2.47 bits per heavy atom. The van der Waals surface area contributed by atoms with Crippen molar-refractivity contribution in [3.05, 3.63) is 66.0 Å². The molecular weight excluding hydrogens is 236 g/mol. The number of hydrogen-bond donors (Lipinski definition) is 2. The third-order valence-corrected chi connectivity index (χ3v) is 3.16. The molecule has 2 N–H and O–H groups in total. The second-order valence-corrected chi connectivity index (χ2v) is 4.71. The average Bonchev–Trinajstić information content (AvgIpc) is 2.48. The van der Waals surface area contributed by atoms with E-state index in [0.29, 0.717) is 0 Å². The fourth-order valence-corrected chi connectivity index (χ4v) is 2.15. The van der Waals surface area contributed by atoms with Crippen molar-refractivity contribution in [1.82, 2.24) is 10.3 Å². The average molecular weight is 256 g/mol. The van der Waals surface area contributed by atoms with Crippen LogP contribution in [0, 0.1) is 0 Å². The normalized spacial score (nSPS) is 14.0. The number of aliphatic hydroxyl groups excluding tert-OH is 1. The van der Waals surface area contributed by atoms with E-state index in [-0.39, 0.29) is 18.7 Å². The molecule has 1 unspecified atom stereocenters. The summed E-state index contributed by atoms with van der Waals surface area (Å²) in [6.07, 6.45) is 2.60. The van der Waals surface area contributed by atoms with Gasteiger partial charge in [0.05, 0.1) is 12.3 Å². The molecule has 0 saturated heterocycles. The number of rotatable bonds is 6. The van der Waals surface area contributed by atoms with Crippen LogP contribution in [0.2, 0.25) is 0 Å². The smallest absolute Gasteiger partial charge is 0.0588 e. The third kappa shape index (κ3) is 4.16. The first kappa shape index (κ1) is 13.7. The zero-order valence-corrected chi connectivity index (χ0v) is 11.2. The maximum atomic E-state index is 9.50. The van der Waals surface area contributed by atoms with Crippen molar-refractivity contribution >= 4 is 0 Å². The van der Waals surface area contributed by atoms with Crippen molar-refractivity contribution in [2.75, 3.05) is 6.61 Å². The van der Waals surface area contributed by atoms with E-state index in [1.807, 2.05) is 36.4 Å². The Morgan fingerprint density at radius 1 is 1.11 bits per heavy atom. The first-order valence-corrected chi connectivity index (χ1v) is 6.61. The lowest BCUT2D eigenvalue weighted by Gasteiger charge is -2.21. The van der Waals surface area contributed by atoms with Gasteiger partial charge < -0.3 is 10.4 Å². The van der Waals surface area contributed by atoms with Gasteiger partial charge in [0, 0.05) is 18.3 Å². The Morgan fingerprint density at radius 2 is 1.84 bits per heavy atom. The molecule has 0 aliphatic rings. The second-order valence-electron chi connectivity index (χ2n) is 4.71. The predicted octanol–water partition coefficient (Wildman–Crippen LogP) is 2.34. The molecule has 0 bridgehead atoms. The molecular formula is C16H20N2O. The lowest BCUT2D eigenvalue weighted by Crippen LogP contribution is -2.36. The summed E-state index contributed by atoms with van der Waals surface area (Å²) >= 11 is 0. The quantitative estimate of drug-likeness (QED) is 0.834. The number of nitrogens with zero attached hydrogens (tertiary/aromatic N) is 1. The van der Waals surface area contributed by atoms with Crippen molar-refractivity contribution < 1.29 is 5.11 Å². The van der Waals surface area contributed by atoms with Gasteiger partial charge >= 0.3 is 0 Å². The Labute approximate surface area is 114 Å². The zero-order valence-electron chi connectivity index (χ0n) is 11.2. The van der Waals surface area contributed by atoms with E-state index in [1.54, 1.807) is 6.20 Å². The number of nitrogens with one attached hydrogen (secondary N) is 1. The highest BCUT2D eigenvalue weighted by Gasteiger charge is 2.13. The van der Waals surface area contributed by atoms with E-state index in [1.165, 1.54) is 5.56 Å². The molecule has 3 heteroatoms. The largest absolute Gasteiger partial charge is 0.395 e. The van der Waals surface area contributed by atoms with Gasteiger partial charge in [-0.15, -0.1) is 0 Å². The van der Waals surface area contributed by atoms with Gasteiger partial charge in [-0.1, -0.05) is 36.4 Å². The number of aliphatic hydroxyl groups is 1. The van der Waals surface area contributed by atoms with Gasteiger partial charge in [0.15, 0.2) is 0 Å². The summed E-state index contributed by atoms with van der Waals surface area (Å²) in [6.45, 7) is 2.18. The zero-order chi connectivity index (χ0) is 13.5. The van der Waals surface area contributed by atoms with Crippen molar-refractivity contribution in [2.45, 2.75) is 25.4 Å². The molecule has 0 radical (unpaired) electrons. The Bertz CT molecular complexity index is 473. The molecule has 0 spiro atoms. The van der Waals surface area contributed by atoms with E-state index in [9.17, 15) is 5.11 Å². The number of aromatic nitrogens is 1. The standard InChI is InChI=1S/C16H20N2O/c1-13(16-9-5-6-10-17-16)18-15(12-19)11-14-7-3-2-4-8-14/h2-10,13,15,18-19H,11-12H2,1H3/t13?,15-/m0/s1. The van der Waals surface area contributed by atoms with E-state index in [2.05, 4.69) is 29.4 Å². The van der Waals surface area contributed by atoms with Gasteiger partial charge in [0.2, 0.25) is 0 Å². The van der Waals surface area contributed by atoms with Gasteiger partial charge in [0.1, 0.15) is 0 Å². The molecule has 2 rings (SSSR count). The molecule has 1 heterocycles. The molecule has 1 aromatic carbocycles. The molecule has 0 fully saturated rings. The molecule has 0 aliphatic carbocycles. The summed E-state index contributed by atoms with van der Waals surface area (Å²) in [4.78, 5) is 4.33. The Balaban J connectivity index is 1.96. The molecule has 100 valence electrons. The monoisotopic (exact) mass is 256 g/mol. The van der Waals surface area contributed by atoms with Crippen molar-refractivity contribution in [2.24, 2.45) is 0 Å². The molecule has 19 heavy (non-hydrogen) atoms. The summed E-state index contributed by atoms with van der Waals surface area (Å²) in [5, 5.41) is 12.9. The first-order chi connectivity index (χ1) is 9.29. The molecule has 0 saturated carbocycles. The molecule has 2 atom stereocenters. The maximum absolute atomic E-state index is 9.50. The third-order valence-electron chi connectivity index (χ3n) is 3.16. The Hall–Kier alpha value is -1.71. The SMILES string of the molecule is CC(N[C@H](CO)Cc1ccccc1)c1ccccn1. The van der Waals surface area contributed by atoms with Crippen LogP contribution < -0.4 is 5.32 Å². The van der Waals surface area contributed by atoms with Crippen LogP contribution in [0.1, 0.15) is 24.2 Å². The summed E-state index contributed by atoms with van der Waals surface area (Å²) in [6, 6.07) is 16.2. The van der Waals surface area contributed by atoms with E-state index >= 15 is 0 Å². The highest BCUT2D eigenvalue weighted by molar-refractivity contribution is 5.16. The second kappa shape index (κ2) is 7.02. The minimum Gasteiger partial charge on any atom is -0.395 e. The van der Waals surface area contributed by atoms with E-state index < -0.39 is 0 Å². The van der Waals surface area contributed by atoms with Crippen LogP contribution in [0.15, 0.2) is 54.7 Å². The highest BCUT2D eigenvalue weighted by Crippen LogP contribution is 2.11. The van der Waals surface area contributed by atoms with Crippen molar-refractivity contribution in [3.63, 3.8) is 0 Å². The molecule has 3 nitrogen and oxygen atoms in total. The summed E-state index contributed by atoms with van der Waals surface area (Å²) < 4.78 is 0. The summed E-state index contributed by atoms with van der Waals surface area (Å²) in [5.74, 6) is 0. The molecule has 1 aromatic heterocycles. The molecule has 0 aliphatic heterocycles. The van der Waals surface area contributed by atoms with E-state index in [0.717, 1.165) is 12.1 Å². The van der Waals surface area contributed by atoms with Gasteiger partial charge in [-0.25, -0.2) is 0 Å². The predicted molar refractivity (Wildman–Crippen MR) is 76.8 cm³/mol. The van der Waals surface area contributed by atoms with Gasteiger partial charge in [-0.05, 0) is 31.0 Å². The van der Waals surface area contributed by atoms with Crippen LogP contribution in [0.5, 0.6) is 0 Å². The van der Waals surface area contributed by atoms with Crippen LogP contribution in [0.25, 0.3) is 0 Å². The Kier molecular flexibility index (Phi) is 5.07. The lowest BCUT2D eigenvalue weighted by molar-refractivity contribution is 0.232. The maximum Gasteiger partial charge on any atom is 0.0588 e. The van der Waals surface area contributed by atoms with Crippen LogP contribution in [-0.4, -0.2) is 22.7 Å². The van der Waals surface area contributed by atoms with Gasteiger partial charge in [0.25, 0.3) is 0 Å². The van der Waals surface area contributed by atoms with E-state index in [4.69, 9.17) is 0 Å². The minimum absolute atomic E-state index is 0.0411. The fraction of sp³-hybridized carbons (Fsp3) is 0.312. The highest BCUT2D eigenvalue weighted by atomic mass is 16.3. The first-order valence-electron chi connectivity index (χ1n) is 6.61. The lowest BCUT2D eigenvalue weighted by atomic mass is 10.1. The summed E-state index contributed by atoms with van der Waals surface area (Å²) in [7, 11) is 0. The van der Waals surface area contributed by atoms with Crippen LogP contribution in [-0.2, 0) is 6.42 Å². The van der Waals surface area contributed by atoms with Crippen molar-refractivity contribution in [1.29, 1.82) is 0 Å². The van der Waals surface area contributed by atoms with Crippen LogP contribution >= 0.6 is 0 Å². The van der Waals surface area contributed by atoms with Crippen molar-refractivity contribution in [3.8, 4) is 0 Å². The topological polar surface area (TPSA) is 45.1 Å². The van der Waals surface area contributed by atoms with Crippen LogP contribution in [0.4, 0.5) is 0 Å². The fourth-order valence-electron chi connectivity index (χ4n) is 2.15. The number of hydrogen-bond acceptors (Lipinski definition) is 3. The van der Waals surface area contributed by atoms with Gasteiger partial charge in [-0.3, -0.25) is 4.98 Å². The summed E-state index contributed by atoms with van der Waals surface area (Å²) in [5.41, 5.74) is 2.22. The number of pyridine rings is 1. The van der Waals surface area contributed by atoms with Gasteiger partial charge in [-0.2, -0.15) is 0 Å². The van der Waals surface area contributed by atoms with Crippen LogP contribution in [0.3, 0.4) is 0 Å².